The zero-order valence-electron chi connectivity index (χ0n) is 21.8. The minimum atomic E-state index is -1.16. The minimum absolute atomic E-state index is 0.0309. The van der Waals surface area contributed by atoms with Gasteiger partial charge in [0.25, 0.3) is 0 Å². The average Bonchev–Trinajstić information content (AvgIpc) is 3.04. The van der Waals surface area contributed by atoms with E-state index in [1.54, 1.807) is 11.8 Å². The molecular formula is C29H41N3O4. The fourth-order valence-electron chi connectivity index (χ4n) is 5.01. The zero-order valence-corrected chi connectivity index (χ0v) is 21.8. The summed E-state index contributed by atoms with van der Waals surface area (Å²) in [5.74, 6) is 1.57. The summed E-state index contributed by atoms with van der Waals surface area (Å²) in [6.45, 7) is 10.4. The van der Waals surface area contributed by atoms with Crippen molar-refractivity contribution in [1.29, 1.82) is 0 Å². The third-order valence-electron chi connectivity index (χ3n) is 7.12. The highest BCUT2D eigenvalue weighted by molar-refractivity contribution is 5.73. The van der Waals surface area contributed by atoms with Gasteiger partial charge in [-0.3, -0.25) is 14.6 Å². The summed E-state index contributed by atoms with van der Waals surface area (Å²) < 4.78 is 11.9. The lowest BCUT2D eigenvalue weighted by Crippen LogP contribution is -2.51. The first-order chi connectivity index (χ1) is 17.4. The smallest absolute Gasteiger partial charge is 0.219 e. The molecule has 1 atom stereocenters. The van der Waals surface area contributed by atoms with Gasteiger partial charge in [0.2, 0.25) is 5.91 Å². The van der Waals surface area contributed by atoms with E-state index in [0.29, 0.717) is 32.8 Å². The van der Waals surface area contributed by atoms with Crippen LogP contribution in [-0.4, -0.2) is 90.3 Å². The number of ether oxygens (including phenoxy) is 2. The van der Waals surface area contributed by atoms with Crippen molar-refractivity contribution in [3.8, 4) is 11.5 Å². The molecule has 2 heterocycles. The van der Waals surface area contributed by atoms with Crippen LogP contribution in [0, 0.1) is 6.92 Å². The molecule has 0 saturated carbocycles. The highest BCUT2D eigenvalue weighted by Gasteiger charge is 2.36. The molecule has 0 bridgehead atoms. The van der Waals surface area contributed by atoms with Crippen LogP contribution in [0.3, 0.4) is 0 Å². The molecule has 2 aromatic rings. The predicted octanol–water partition coefficient (Wildman–Crippen LogP) is 3.33. The van der Waals surface area contributed by atoms with Crippen LogP contribution in [0.4, 0.5) is 0 Å². The van der Waals surface area contributed by atoms with Crippen LogP contribution < -0.4 is 9.47 Å². The van der Waals surface area contributed by atoms with Crippen LogP contribution >= 0.6 is 0 Å². The van der Waals surface area contributed by atoms with Crippen molar-refractivity contribution < 1.29 is 19.4 Å². The van der Waals surface area contributed by atoms with Gasteiger partial charge in [-0.25, -0.2) is 0 Å². The van der Waals surface area contributed by atoms with Crippen molar-refractivity contribution in [2.24, 2.45) is 0 Å². The minimum Gasteiger partial charge on any atom is -0.492 e. The molecule has 36 heavy (non-hydrogen) atoms. The molecule has 0 radical (unpaired) electrons. The molecule has 1 amide bonds. The molecule has 196 valence electrons. The molecule has 2 aliphatic rings. The summed E-state index contributed by atoms with van der Waals surface area (Å²) in [4.78, 5) is 18.6. The Labute approximate surface area is 215 Å². The van der Waals surface area contributed by atoms with Gasteiger partial charge in [-0.15, -0.1) is 0 Å². The Morgan fingerprint density at radius 2 is 1.53 bits per heavy atom. The first-order valence-electron chi connectivity index (χ1n) is 13.2. The maximum absolute atomic E-state index is 12.2. The van der Waals surface area contributed by atoms with Crippen LogP contribution in [0.25, 0.3) is 0 Å². The molecule has 2 aromatic carbocycles. The summed E-state index contributed by atoms with van der Waals surface area (Å²) in [7, 11) is 0. The maximum atomic E-state index is 12.2. The Hall–Kier alpha value is -2.61. The molecule has 0 unspecified atom stereocenters. The standard InChI is InChI=1S/C29H41N3O4/c1-24-6-10-28(11-7-24)36-23-29(34)21-31(16-17-32(22-29)25(2)33)20-26-8-12-27(13-9-26)35-19-18-30-14-4-3-5-15-30/h6-13,34H,3-5,14-23H2,1-2H3/t29-/m0/s1. The van der Waals surface area contributed by atoms with Crippen molar-refractivity contribution in [2.75, 3.05) is 59.0 Å². The first-order valence-corrected chi connectivity index (χ1v) is 13.2. The molecule has 2 saturated heterocycles. The highest BCUT2D eigenvalue weighted by Crippen LogP contribution is 2.21. The first kappa shape index (κ1) is 26.5. The van der Waals surface area contributed by atoms with Crippen molar-refractivity contribution in [3.63, 3.8) is 0 Å². The number of carbonyl (C=O) groups is 1. The monoisotopic (exact) mass is 495 g/mol. The number of hydrogen-bond donors (Lipinski definition) is 1. The van der Waals surface area contributed by atoms with Crippen LogP contribution in [0.15, 0.2) is 48.5 Å². The summed E-state index contributed by atoms with van der Waals surface area (Å²) >= 11 is 0. The van der Waals surface area contributed by atoms with Gasteiger partial charge in [0.1, 0.15) is 30.3 Å². The predicted molar refractivity (Wildman–Crippen MR) is 141 cm³/mol. The summed E-state index contributed by atoms with van der Waals surface area (Å²) in [5.41, 5.74) is 1.14. The van der Waals surface area contributed by atoms with E-state index in [-0.39, 0.29) is 19.1 Å². The number of piperidine rings is 1. The second-order valence-corrected chi connectivity index (χ2v) is 10.4. The Bertz CT molecular complexity index is 959. The van der Waals surface area contributed by atoms with Crippen LogP contribution in [-0.2, 0) is 11.3 Å². The van der Waals surface area contributed by atoms with Crippen molar-refractivity contribution >= 4 is 5.91 Å². The zero-order chi connectivity index (χ0) is 25.4. The van der Waals surface area contributed by atoms with Crippen LogP contribution in [0.2, 0.25) is 0 Å². The van der Waals surface area contributed by atoms with E-state index in [1.807, 2.05) is 43.3 Å². The van der Waals surface area contributed by atoms with Gasteiger partial charge in [-0.1, -0.05) is 36.2 Å². The van der Waals surface area contributed by atoms with Crippen LogP contribution in [0.5, 0.6) is 11.5 Å². The number of β-amino-alcohol motifs (C(OH)–C–C–N with tert-alkyl or cyclic N) is 1. The largest absolute Gasteiger partial charge is 0.492 e. The molecule has 2 aliphatic heterocycles. The summed E-state index contributed by atoms with van der Waals surface area (Å²) in [6.07, 6.45) is 3.94. The summed E-state index contributed by atoms with van der Waals surface area (Å²) in [6, 6.07) is 16.0. The number of likely N-dealkylation sites (tertiary alicyclic amines) is 1. The molecule has 4 rings (SSSR count). The van der Waals surface area contributed by atoms with Crippen molar-refractivity contribution in [1.82, 2.24) is 14.7 Å². The van der Waals surface area contributed by atoms with Gasteiger partial charge < -0.3 is 19.5 Å². The van der Waals surface area contributed by atoms with Gasteiger partial charge in [-0.2, -0.15) is 0 Å². The Morgan fingerprint density at radius 3 is 2.22 bits per heavy atom. The van der Waals surface area contributed by atoms with E-state index in [9.17, 15) is 9.90 Å². The maximum Gasteiger partial charge on any atom is 0.219 e. The SMILES string of the molecule is CC(=O)N1CCN(Cc2ccc(OCCN3CCCCC3)cc2)C[C@@](O)(COc2ccc(C)cc2)C1. The van der Waals surface area contributed by atoms with Gasteiger partial charge in [-0.05, 0) is 62.7 Å². The van der Waals surface area contributed by atoms with Crippen molar-refractivity contribution in [2.45, 2.75) is 45.3 Å². The normalized spacial score (nSPS) is 21.7. The Kier molecular flexibility index (Phi) is 9.24. The van der Waals surface area contributed by atoms with E-state index in [1.165, 1.54) is 32.4 Å². The van der Waals surface area contributed by atoms with E-state index in [4.69, 9.17) is 9.47 Å². The lowest BCUT2D eigenvalue weighted by atomic mass is 10.0. The quantitative estimate of drug-likeness (QED) is 0.576. The Morgan fingerprint density at radius 1 is 0.861 bits per heavy atom. The molecule has 7 heteroatoms. The van der Waals surface area contributed by atoms with E-state index >= 15 is 0 Å². The lowest BCUT2D eigenvalue weighted by Gasteiger charge is -2.32. The molecule has 0 aliphatic carbocycles. The highest BCUT2D eigenvalue weighted by atomic mass is 16.5. The second-order valence-electron chi connectivity index (χ2n) is 10.4. The fourth-order valence-corrected chi connectivity index (χ4v) is 5.01. The lowest BCUT2D eigenvalue weighted by molar-refractivity contribution is -0.132. The molecule has 2 fully saturated rings. The third-order valence-corrected chi connectivity index (χ3v) is 7.12. The molecule has 1 N–H and O–H groups in total. The topological polar surface area (TPSA) is 65.5 Å². The molecule has 0 aromatic heterocycles. The second kappa shape index (κ2) is 12.6. The molecule has 0 spiro atoms. The van der Waals surface area contributed by atoms with Gasteiger partial charge >= 0.3 is 0 Å². The van der Waals surface area contributed by atoms with Gasteiger partial charge in [0, 0.05) is 39.6 Å². The Balaban J connectivity index is 1.32. The van der Waals surface area contributed by atoms with E-state index in [2.05, 4.69) is 21.9 Å². The number of nitrogens with zero attached hydrogens (tertiary/aromatic N) is 3. The third kappa shape index (κ3) is 7.95. The van der Waals surface area contributed by atoms with E-state index in [0.717, 1.165) is 29.2 Å². The number of benzene rings is 2. The molecular weight excluding hydrogens is 454 g/mol. The van der Waals surface area contributed by atoms with Crippen LogP contribution in [0.1, 0.15) is 37.3 Å². The summed E-state index contributed by atoms with van der Waals surface area (Å²) in [5, 5.41) is 11.5. The number of carbonyl (C=O) groups excluding carboxylic acids is 1. The number of aliphatic hydroxyl groups is 1. The number of hydrogen-bond acceptors (Lipinski definition) is 6. The molecule has 7 nitrogen and oxygen atoms in total. The average molecular weight is 496 g/mol. The fraction of sp³-hybridized carbons (Fsp3) is 0.552. The number of aryl methyl sites for hydroxylation is 1. The number of amides is 1. The number of rotatable bonds is 9. The van der Waals surface area contributed by atoms with Crippen molar-refractivity contribution in [3.05, 3.63) is 59.7 Å². The van der Waals surface area contributed by atoms with Gasteiger partial charge in [0.05, 0.1) is 6.54 Å². The van der Waals surface area contributed by atoms with Gasteiger partial charge in [0.15, 0.2) is 0 Å². The van der Waals surface area contributed by atoms with E-state index < -0.39 is 5.60 Å².